The van der Waals surface area contributed by atoms with Crippen LogP contribution in [0.1, 0.15) is 25.0 Å². The van der Waals surface area contributed by atoms with Gasteiger partial charge in [0.25, 0.3) is 0 Å². The predicted octanol–water partition coefficient (Wildman–Crippen LogP) is 6.22. The van der Waals surface area contributed by atoms with Gasteiger partial charge in [0.1, 0.15) is 11.9 Å². The maximum absolute atomic E-state index is 10.7. The van der Waals surface area contributed by atoms with Gasteiger partial charge in [0.05, 0.1) is 10.2 Å². The molecule has 25 heavy (non-hydrogen) atoms. The van der Waals surface area contributed by atoms with Crippen molar-refractivity contribution in [3.8, 4) is 5.75 Å². The van der Waals surface area contributed by atoms with E-state index in [0.717, 1.165) is 10.3 Å². The molecule has 5 nitrogen and oxygen atoms in total. The standard InChI is InChI=1S/C17H14Cl2N2O3S/c1-2-13(15-10(18)4-3-5-11(15)19)24-9-6-7-12-14(8-9)25-16(20-12)21-17(22)23/h3-8,13H,2H2,1H3,(H,20,21)(H,22,23). The third-order valence-corrected chi connectivity index (χ3v) is 5.14. The Bertz CT molecular complexity index is 909. The number of nitrogens with one attached hydrogen (secondary N) is 1. The number of carboxylic acid groups (broad SMARTS) is 1. The lowest BCUT2D eigenvalue weighted by atomic mass is 10.1. The molecule has 0 aliphatic carbocycles. The fourth-order valence-electron chi connectivity index (χ4n) is 2.45. The van der Waals surface area contributed by atoms with Crippen LogP contribution in [0.4, 0.5) is 9.93 Å². The van der Waals surface area contributed by atoms with E-state index in [9.17, 15) is 4.79 Å². The quantitative estimate of drug-likeness (QED) is 0.536. The second kappa shape index (κ2) is 7.47. The third-order valence-electron chi connectivity index (χ3n) is 3.54. The third kappa shape index (κ3) is 3.98. The minimum absolute atomic E-state index is 0.289. The summed E-state index contributed by atoms with van der Waals surface area (Å²) in [5.74, 6) is 0.640. The van der Waals surface area contributed by atoms with Crippen molar-refractivity contribution in [1.82, 2.24) is 4.98 Å². The molecule has 0 saturated carbocycles. The van der Waals surface area contributed by atoms with Crippen LogP contribution in [-0.4, -0.2) is 16.2 Å². The Hall–Kier alpha value is -2.02. The molecule has 2 N–H and O–H groups in total. The lowest BCUT2D eigenvalue weighted by Crippen LogP contribution is -2.07. The molecule has 0 radical (unpaired) electrons. The Kier molecular flexibility index (Phi) is 5.32. The van der Waals surface area contributed by atoms with E-state index in [2.05, 4.69) is 10.3 Å². The second-order valence-electron chi connectivity index (χ2n) is 5.23. The number of ether oxygens (including phenoxy) is 1. The summed E-state index contributed by atoms with van der Waals surface area (Å²) >= 11 is 13.8. The van der Waals surface area contributed by atoms with Gasteiger partial charge in [-0.2, -0.15) is 0 Å². The minimum Gasteiger partial charge on any atom is -0.486 e. The van der Waals surface area contributed by atoms with Crippen molar-refractivity contribution in [2.24, 2.45) is 0 Å². The van der Waals surface area contributed by atoms with Crippen LogP contribution < -0.4 is 10.1 Å². The zero-order chi connectivity index (χ0) is 18.0. The van der Waals surface area contributed by atoms with Crippen molar-refractivity contribution in [1.29, 1.82) is 0 Å². The van der Waals surface area contributed by atoms with Gasteiger partial charge in [-0.3, -0.25) is 5.32 Å². The summed E-state index contributed by atoms with van der Waals surface area (Å²) in [6.07, 6.45) is -0.742. The molecule has 0 aliphatic heterocycles. The zero-order valence-electron chi connectivity index (χ0n) is 13.1. The number of nitrogens with zero attached hydrogens (tertiary/aromatic N) is 1. The zero-order valence-corrected chi connectivity index (χ0v) is 15.5. The van der Waals surface area contributed by atoms with Gasteiger partial charge in [0.2, 0.25) is 0 Å². The molecule has 0 fully saturated rings. The normalized spacial score (nSPS) is 12.1. The SMILES string of the molecule is CCC(Oc1ccc2nc(NC(=O)O)sc2c1)c1c(Cl)cccc1Cl. The number of benzene rings is 2. The van der Waals surface area contributed by atoms with Crippen molar-refractivity contribution >= 4 is 56.0 Å². The Labute approximate surface area is 158 Å². The van der Waals surface area contributed by atoms with Crippen molar-refractivity contribution in [3.05, 3.63) is 52.0 Å². The number of fused-ring (bicyclic) bond motifs is 1. The van der Waals surface area contributed by atoms with Gasteiger partial charge in [-0.1, -0.05) is 47.5 Å². The summed E-state index contributed by atoms with van der Waals surface area (Å²) in [6.45, 7) is 1.99. The highest BCUT2D eigenvalue weighted by Crippen LogP contribution is 2.36. The Morgan fingerprint density at radius 3 is 2.68 bits per heavy atom. The van der Waals surface area contributed by atoms with E-state index in [0.29, 0.717) is 32.9 Å². The summed E-state index contributed by atoms with van der Waals surface area (Å²) in [6, 6.07) is 10.8. The highest BCUT2D eigenvalue weighted by molar-refractivity contribution is 7.22. The molecule has 0 bridgehead atoms. The summed E-state index contributed by atoms with van der Waals surface area (Å²) in [5.41, 5.74) is 1.45. The van der Waals surface area contributed by atoms with Crippen molar-refractivity contribution < 1.29 is 14.6 Å². The molecule has 1 atom stereocenters. The van der Waals surface area contributed by atoms with Crippen LogP contribution in [0, 0.1) is 0 Å². The highest BCUT2D eigenvalue weighted by atomic mass is 35.5. The first-order valence-electron chi connectivity index (χ1n) is 7.49. The largest absolute Gasteiger partial charge is 0.486 e. The van der Waals surface area contributed by atoms with Gasteiger partial charge in [-0.15, -0.1) is 0 Å². The number of thiazole rings is 1. The number of rotatable bonds is 5. The molecule has 8 heteroatoms. The minimum atomic E-state index is -1.14. The van der Waals surface area contributed by atoms with E-state index in [-0.39, 0.29) is 6.10 Å². The Morgan fingerprint density at radius 1 is 1.32 bits per heavy atom. The molecule has 0 aliphatic rings. The molecule has 3 rings (SSSR count). The number of carbonyl (C=O) groups is 1. The van der Waals surface area contributed by atoms with Crippen LogP contribution in [0.25, 0.3) is 10.2 Å². The molecule has 130 valence electrons. The van der Waals surface area contributed by atoms with E-state index < -0.39 is 6.09 Å². The maximum Gasteiger partial charge on any atom is 0.410 e. The van der Waals surface area contributed by atoms with Crippen LogP contribution in [0.5, 0.6) is 5.75 Å². The molecule has 1 amide bonds. The smallest absolute Gasteiger partial charge is 0.410 e. The van der Waals surface area contributed by atoms with Gasteiger partial charge in [-0.25, -0.2) is 9.78 Å². The Balaban J connectivity index is 1.89. The lowest BCUT2D eigenvalue weighted by Gasteiger charge is -2.20. The van der Waals surface area contributed by atoms with Gasteiger partial charge >= 0.3 is 6.09 Å². The van der Waals surface area contributed by atoms with Crippen molar-refractivity contribution in [3.63, 3.8) is 0 Å². The molecular weight excluding hydrogens is 383 g/mol. The summed E-state index contributed by atoms with van der Waals surface area (Å²) in [5, 5.41) is 12.5. The fraction of sp³-hybridized carbons (Fsp3) is 0.176. The molecule has 1 heterocycles. The Morgan fingerprint density at radius 2 is 2.04 bits per heavy atom. The van der Waals surface area contributed by atoms with Crippen LogP contribution in [0.15, 0.2) is 36.4 Å². The molecule has 3 aromatic rings. The maximum atomic E-state index is 10.7. The molecular formula is C17H14Cl2N2O3S. The van der Waals surface area contributed by atoms with E-state index in [1.54, 1.807) is 30.3 Å². The molecule has 0 spiro atoms. The summed E-state index contributed by atoms with van der Waals surface area (Å²) < 4.78 is 6.90. The molecule has 1 aromatic heterocycles. The summed E-state index contributed by atoms with van der Waals surface area (Å²) in [4.78, 5) is 14.9. The lowest BCUT2D eigenvalue weighted by molar-refractivity contribution is 0.202. The first-order valence-corrected chi connectivity index (χ1v) is 9.06. The predicted molar refractivity (Wildman–Crippen MR) is 101 cm³/mol. The monoisotopic (exact) mass is 396 g/mol. The number of hydrogen-bond acceptors (Lipinski definition) is 4. The second-order valence-corrected chi connectivity index (χ2v) is 7.07. The van der Waals surface area contributed by atoms with Crippen LogP contribution in [-0.2, 0) is 0 Å². The first kappa shape index (κ1) is 17.8. The van der Waals surface area contributed by atoms with Gasteiger partial charge in [0, 0.05) is 15.6 Å². The molecule has 0 saturated heterocycles. The topological polar surface area (TPSA) is 71.5 Å². The average Bonchev–Trinajstić information content (AvgIpc) is 2.94. The number of aromatic nitrogens is 1. The van der Waals surface area contributed by atoms with E-state index >= 15 is 0 Å². The number of halogens is 2. The molecule has 1 unspecified atom stereocenters. The van der Waals surface area contributed by atoms with Crippen LogP contribution in [0.3, 0.4) is 0 Å². The van der Waals surface area contributed by atoms with Gasteiger partial charge in [0.15, 0.2) is 5.13 Å². The fourth-order valence-corrected chi connectivity index (χ4v) is 3.98. The average molecular weight is 397 g/mol. The van der Waals surface area contributed by atoms with Crippen LogP contribution >= 0.6 is 34.5 Å². The van der Waals surface area contributed by atoms with Crippen molar-refractivity contribution in [2.45, 2.75) is 19.4 Å². The number of amides is 1. The number of anilines is 1. The molecule has 2 aromatic carbocycles. The van der Waals surface area contributed by atoms with Crippen molar-refractivity contribution in [2.75, 3.05) is 5.32 Å². The number of hydrogen-bond donors (Lipinski definition) is 2. The van der Waals surface area contributed by atoms with E-state index in [1.807, 2.05) is 13.0 Å². The van der Waals surface area contributed by atoms with E-state index in [1.165, 1.54) is 11.3 Å². The van der Waals surface area contributed by atoms with Crippen LogP contribution in [0.2, 0.25) is 10.0 Å². The van der Waals surface area contributed by atoms with E-state index in [4.69, 9.17) is 33.0 Å². The van der Waals surface area contributed by atoms with Gasteiger partial charge in [-0.05, 0) is 36.8 Å². The highest BCUT2D eigenvalue weighted by Gasteiger charge is 2.19. The van der Waals surface area contributed by atoms with Gasteiger partial charge < -0.3 is 9.84 Å². The first-order chi connectivity index (χ1) is 12.0. The summed E-state index contributed by atoms with van der Waals surface area (Å²) in [7, 11) is 0.